The lowest BCUT2D eigenvalue weighted by atomic mass is 10.0. The fraction of sp³-hybridized carbons (Fsp3) is 0.375. The summed E-state index contributed by atoms with van der Waals surface area (Å²) in [5.74, 6) is 0. The minimum absolute atomic E-state index is 0.974. The van der Waals surface area contributed by atoms with Crippen LogP contribution in [-0.2, 0) is 0 Å². The van der Waals surface area contributed by atoms with Gasteiger partial charge in [0.15, 0.2) is 0 Å². The van der Waals surface area contributed by atoms with Crippen molar-refractivity contribution < 1.29 is 0 Å². The monoisotopic (exact) mass is 240 g/mol. The van der Waals surface area contributed by atoms with Gasteiger partial charge in [-0.3, -0.25) is 9.97 Å². The fourth-order valence-electron chi connectivity index (χ4n) is 2.05. The highest BCUT2D eigenvalue weighted by atomic mass is 14.8. The van der Waals surface area contributed by atoms with E-state index in [4.69, 9.17) is 0 Å². The lowest BCUT2D eigenvalue weighted by Gasteiger charge is -2.11. The Morgan fingerprint density at radius 3 is 1.22 bits per heavy atom. The highest BCUT2D eigenvalue weighted by molar-refractivity contribution is 5.58. The largest absolute Gasteiger partial charge is 0.251 e. The van der Waals surface area contributed by atoms with Crippen molar-refractivity contribution in [3.63, 3.8) is 0 Å². The zero-order valence-corrected chi connectivity index (χ0v) is 12.0. The molecule has 94 valence electrons. The van der Waals surface area contributed by atoms with Crippen molar-refractivity contribution in [2.24, 2.45) is 0 Å². The van der Waals surface area contributed by atoms with Gasteiger partial charge in [0.25, 0.3) is 0 Å². The van der Waals surface area contributed by atoms with Gasteiger partial charge in [0, 0.05) is 11.4 Å². The SMILES string of the molecule is Cc1cc(-c2cc(C)c(C)c(C)n2)nc(C)c1C. The van der Waals surface area contributed by atoms with E-state index in [2.05, 4.69) is 63.6 Å². The number of pyridine rings is 2. The van der Waals surface area contributed by atoms with Crippen molar-refractivity contribution in [3.05, 3.63) is 45.8 Å². The number of aryl methyl sites for hydroxylation is 4. The molecule has 0 bridgehead atoms. The van der Waals surface area contributed by atoms with Gasteiger partial charge in [-0.25, -0.2) is 0 Å². The summed E-state index contributed by atoms with van der Waals surface area (Å²) in [6.45, 7) is 12.6. The summed E-state index contributed by atoms with van der Waals surface area (Å²) in [6, 6.07) is 4.25. The van der Waals surface area contributed by atoms with Crippen LogP contribution in [0.15, 0.2) is 12.1 Å². The molecule has 0 aliphatic heterocycles. The van der Waals surface area contributed by atoms with Gasteiger partial charge in [0.2, 0.25) is 0 Å². The van der Waals surface area contributed by atoms with Crippen LogP contribution in [0.25, 0.3) is 11.4 Å². The molecular weight excluding hydrogens is 220 g/mol. The molecule has 2 aromatic rings. The molecular formula is C16H20N2. The van der Waals surface area contributed by atoms with Gasteiger partial charge in [-0.1, -0.05) is 0 Å². The zero-order valence-electron chi connectivity index (χ0n) is 12.0. The van der Waals surface area contributed by atoms with Crippen LogP contribution in [0.1, 0.15) is 33.6 Å². The molecule has 0 unspecified atom stereocenters. The Kier molecular flexibility index (Phi) is 3.20. The Balaban J connectivity index is 2.63. The number of aromatic nitrogens is 2. The Morgan fingerprint density at radius 2 is 0.944 bits per heavy atom. The molecule has 18 heavy (non-hydrogen) atoms. The third-order valence-electron chi connectivity index (χ3n) is 3.81. The predicted molar refractivity (Wildman–Crippen MR) is 75.9 cm³/mol. The first-order chi connectivity index (χ1) is 8.40. The lowest BCUT2D eigenvalue weighted by molar-refractivity contribution is 1.08. The van der Waals surface area contributed by atoms with Crippen LogP contribution in [0.3, 0.4) is 0 Å². The Bertz CT molecular complexity index is 511. The molecule has 0 radical (unpaired) electrons. The second kappa shape index (κ2) is 4.52. The van der Waals surface area contributed by atoms with Crippen molar-refractivity contribution in [1.29, 1.82) is 0 Å². The van der Waals surface area contributed by atoms with Crippen molar-refractivity contribution in [3.8, 4) is 11.4 Å². The Labute approximate surface area is 109 Å². The van der Waals surface area contributed by atoms with Gasteiger partial charge in [-0.15, -0.1) is 0 Å². The molecule has 0 saturated carbocycles. The molecule has 0 N–H and O–H groups in total. The molecule has 0 saturated heterocycles. The highest BCUT2D eigenvalue weighted by Crippen LogP contribution is 2.23. The van der Waals surface area contributed by atoms with E-state index in [0.29, 0.717) is 0 Å². The molecule has 0 aliphatic rings. The molecule has 0 amide bonds. The summed E-state index contributed by atoms with van der Waals surface area (Å²) in [5.41, 5.74) is 9.19. The van der Waals surface area contributed by atoms with E-state index in [9.17, 15) is 0 Å². The van der Waals surface area contributed by atoms with Gasteiger partial charge in [-0.05, 0) is 75.9 Å². The van der Waals surface area contributed by atoms with Crippen molar-refractivity contribution in [1.82, 2.24) is 9.97 Å². The number of hydrogen-bond acceptors (Lipinski definition) is 2. The maximum Gasteiger partial charge on any atom is 0.0892 e. The van der Waals surface area contributed by atoms with Crippen LogP contribution in [-0.4, -0.2) is 9.97 Å². The third kappa shape index (κ3) is 2.15. The van der Waals surface area contributed by atoms with Gasteiger partial charge >= 0.3 is 0 Å². The lowest BCUT2D eigenvalue weighted by Crippen LogP contribution is -1.99. The average Bonchev–Trinajstić information content (AvgIpc) is 2.31. The normalized spacial score (nSPS) is 10.8. The molecule has 0 aliphatic carbocycles. The van der Waals surface area contributed by atoms with Crippen LogP contribution in [0.4, 0.5) is 0 Å². The third-order valence-corrected chi connectivity index (χ3v) is 3.81. The molecule has 0 atom stereocenters. The zero-order chi connectivity index (χ0) is 13.4. The molecule has 2 heteroatoms. The van der Waals surface area contributed by atoms with E-state index < -0.39 is 0 Å². The summed E-state index contributed by atoms with van der Waals surface area (Å²) in [6.07, 6.45) is 0. The van der Waals surface area contributed by atoms with Gasteiger partial charge in [0.1, 0.15) is 0 Å². The molecule has 0 spiro atoms. The van der Waals surface area contributed by atoms with Crippen LogP contribution in [0.2, 0.25) is 0 Å². The summed E-state index contributed by atoms with van der Waals surface area (Å²) in [7, 11) is 0. The van der Waals surface area contributed by atoms with E-state index in [1.54, 1.807) is 0 Å². The molecule has 0 aromatic carbocycles. The average molecular weight is 240 g/mol. The van der Waals surface area contributed by atoms with Gasteiger partial charge in [-0.2, -0.15) is 0 Å². The van der Waals surface area contributed by atoms with Crippen molar-refractivity contribution in [2.75, 3.05) is 0 Å². The van der Waals surface area contributed by atoms with Crippen LogP contribution >= 0.6 is 0 Å². The van der Waals surface area contributed by atoms with E-state index in [1.807, 2.05) is 0 Å². The molecule has 0 fully saturated rings. The van der Waals surface area contributed by atoms with Gasteiger partial charge < -0.3 is 0 Å². The maximum absolute atomic E-state index is 4.65. The minimum Gasteiger partial charge on any atom is -0.251 e. The van der Waals surface area contributed by atoms with E-state index in [1.165, 1.54) is 22.3 Å². The highest BCUT2D eigenvalue weighted by Gasteiger charge is 2.09. The number of rotatable bonds is 1. The first-order valence-electron chi connectivity index (χ1n) is 6.30. The first kappa shape index (κ1) is 12.7. The van der Waals surface area contributed by atoms with E-state index in [0.717, 1.165) is 22.8 Å². The molecule has 2 aromatic heterocycles. The van der Waals surface area contributed by atoms with Crippen LogP contribution in [0, 0.1) is 41.5 Å². The maximum atomic E-state index is 4.65. The van der Waals surface area contributed by atoms with E-state index >= 15 is 0 Å². The summed E-state index contributed by atoms with van der Waals surface area (Å²) < 4.78 is 0. The first-order valence-corrected chi connectivity index (χ1v) is 6.30. The Hall–Kier alpha value is -1.70. The molecule has 2 rings (SSSR count). The fourth-order valence-corrected chi connectivity index (χ4v) is 2.05. The standard InChI is InChI=1S/C16H20N2/c1-9-7-15(17-13(5)11(9)3)16-8-10(2)12(4)14(6)18-16/h7-8H,1-6H3. The number of nitrogens with zero attached hydrogens (tertiary/aromatic N) is 2. The molecule has 2 nitrogen and oxygen atoms in total. The number of hydrogen-bond donors (Lipinski definition) is 0. The molecule has 2 heterocycles. The topological polar surface area (TPSA) is 25.8 Å². The van der Waals surface area contributed by atoms with Crippen LogP contribution < -0.4 is 0 Å². The van der Waals surface area contributed by atoms with Crippen molar-refractivity contribution in [2.45, 2.75) is 41.5 Å². The Morgan fingerprint density at radius 1 is 0.611 bits per heavy atom. The quantitative estimate of drug-likeness (QED) is 0.753. The van der Waals surface area contributed by atoms with E-state index in [-0.39, 0.29) is 0 Å². The summed E-state index contributed by atoms with van der Waals surface area (Å²) in [4.78, 5) is 9.31. The van der Waals surface area contributed by atoms with Gasteiger partial charge in [0.05, 0.1) is 11.4 Å². The summed E-state index contributed by atoms with van der Waals surface area (Å²) in [5, 5.41) is 0. The smallest absolute Gasteiger partial charge is 0.0892 e. The second-order valence-electron chi connectivity index (χ2n) is 5.07. The summed E-state index contributed by atoms with van der Waals surface area (Å²) >= 11 is 0. The second-order valence-corrected chi connectivity index (χ2v) is 5.07. The van der Waals surface area contributed by atoms with Crippen LogP contribution in [0.5, 0.6) is 0 Å². The minimum atomic E-state index is 0.974. The van der Waals surface area contributed by atoms with Crippen molar-refractivity contribution >= 4 is 0 Å². The predicted octanol–water partition coefficient (Wildman–Crippen LogP) is 3.99.